The van der Waals surface area contributed by atoms with Gasteiger partial charge in [0.2, 0.25) is 0 Å². The Morgan fingerprint density at radius 1 is 1.35 bits per heavy atom. The van der Waals surface area contributed by atoms with Crippen molar-refractivity contribution in [2.45, 2.75) is 20.4 Å². The highest BCUT2D eigenvalue weighted by Gasteiger charge is 2.17. The molecule has 0 spiro atoms. The first-order valence-electron chi connectivity index (χ1n) is 6.28. The summed E-state index contributed by atoms with van der Waals surface area (Å²) in [7, 11) is 2.01. The zero-order valence-corrected chi connectivity index (χ0v) is 11.8. The van der Waals surface area contributed by atoms with Crippen LogP contribution in [0.3, 0.4) is 0 Å². The predicted octanol–water partition coefficient (Wildman–Crippen LogP) is 1.71. The summed E-state index contributed by atoms with van der Waals surface area (Å²) in [4.78, 5) is 2.53. The van der Waals surface area contributed by atoms with Crippen molar-refractivity contribution in [3.8, 4) is 0 Å². The monoisotopic (exact) mass is 254 g/mol. The fraction of sp³-hybridized carbons (Fsp3) is 0.750. The largest absolute Gasteiger partial charge is 0.370 e. The Morgan fingerprint density at radius 2 is 2.06 bits per heavy atom. The molecule has 1 aromatic heterocycles. The van der Waals surface area contributed by atoms with Gasteiger partial charge in [-0.15, -0.1) is 0 Å². The number of nitrogens with zero attached hydrogens (tertiary/aromatic N) is 3. The molecular formula is C12H22N4S. The predicted molar refractivity (Wildman–Crippen MR) is 74.7 cm³/mol. The zero-order chi connectivity index (χ0) is 12.3. The lowest BCUT2D eigenvalue weighted by atomic mass is 10.2. The maximum Gasteiger partial charge on any atom is 0.128 e. The van der Waals surface area contributed by atoms with Gasteiger partial charge in [0.15, 0.2) is 0 Å². The molecule has 0 bridgehead atoms. The molecular weight excluding hydrogens is 232 g/mol. The third-order valence-corrected chi connectivity index (χ3v) is 4.12. The normalized spacial score (nSPS) is 17.4. The van der Waals surface area contributed by atoms with E-state index in [1.165, 1.54) is 36.0 Å². The fourth-order valence-corrected chi connectivity index (χ4v) is 3.24. The van der Waals surface area contributed by atoms with E-state index in [4.69, 9.17) is 0 Å². The van der Waals surface area contributed by atoms with E-state index < -0.39 is 0 Å². The molecule has 2 rings (SSSR count). The average Bonchev–Trinajstić information content (AvgIpc) is 2.58. The molecule has 0 aromatic carbocycles. The Morgan fingerprint density at radius 3 is 2.71 bits per heavy atom. The van der Waals surface area contributed by atoms with Crippen LogP contribution in [0.2, 0.25) is 0 Å². The molecule has 1 aliphatic rings. The molecule has 0 radical (unpaired) electrons. The number of nitrogens with one attached hydrogen (secondary N) is 1. The second-order valence-corrected chi connectivity index (χ2v) is 5.68. The molecule has 0 saturated carbocycles. The fourth-order valence-electron chi connectivity index (χ4n) is 2.26. The molecule has 0 unspecified atom stereocenters. The molecule has 96 valence electrons. The van der Waals surface area contributed by atoms with Gasteiger partial charge in [0.25, 0.3) is 0 Å². The Bertz CT molecular complexity index is 369. The third-order valence-electron chi connectivity index (χ3n) is 3.18. The molecule has 17 heavy (non-hydrogen) atoms. The van der Waals surface area contributed by atoms with Crippen LogP contribution in [0.15, 0.2) is 0 Å². The molecule has 0 amide bonds. The van der Waals surface area contributed by atoms with Gasteiger partial charge < -0.3 is 5.32 Å². The van der Waals surface area contributed by atoms with Crippen molar-refractivity contribution in [1.82, 2.24) is 14.7 Å². The molecule has 4 nitrogen and oxygen atoms in total. The summed E-state index contributed by atoms with van der Waals surface area (Å²) in [5.41, 5.74) is 2.52. The van der Waals surface area contributed by atoms with E-state index in [-0.39, 0.29) is 0 Å². The van der Waals surface area contributed by atoms with Crippen LogP contribution in [-0.2, 0) is 13.6 Å². The topological polar surface area (TPSA) is 33.1 Å². The molecule has 1 saturated heterocycles. The molecule has 1 aromatic rings. The van der Waals surface area contributed by atoms with Crippen LogP contribution in [0.4, 0.5) is 5.82 Å². The van der Waals surface area contributed by atoms with Gasteiger partial charge >= 0.3 is 0 Å². The van der Waals surface area contributed by atoms with Gasteiger partial charge in [-0.05, 0) is 13.8 Å². The quantitative estimate of drug-likeness (QED) is 0.887. The maximum absolute atomic E-state index is 4.52. The molecule has 2 heterocycles. The van der Waals surface area contributed by atoms with E-state index in [1.807, 2.05) is 11.7 Å². The smallest absolute Gasteiger partial charge is 0.128 e. The number of hydrogen-bond acceptors (Lipinski definition) is 4. The SMILES string of the molecule is CCNc1c(CN2CCSCC2)c(C)nn1C. The van der Waals surface area contributed by atoms with Crippen molar-refractivity contribution in [2.75, 3.05) is 36.5 Å². The van der Waals surface area contributed by atoms with Crippen LogP contribution >= 0.6 is 11.8 Å². The lowest BCUT2D eigenvalue weighted by Gasteiger charge is -2.26. The van der Waals surface area contributed by atoms with Crippen molar-refractivity contribution in [3.05, 3.63) is 11.3 Å². The van der Waals surface area contributed by atoms with Gasteiger partial charge in [-0.25, -0.2) is 0 Å². The van der Waals surface area contributed by atoms with Crippen molar-refractivity contribution >= 4 is 17.6 Å². The van der Waals surface area contributed by atoms with E-state index in [1.54, 1.807) is 0 Å². The van der Waals surface area contributed by atoms with E-state index in [9.17, 15) is 0 Å². The lowest BCUT2D eigenvalue weighted by molar-refractivity contribution is 0.294. The van der Waals surface area contributed by atoms with Crippen molar-refractivity contribution in [1.29, 1.82) is 0 Å². The second-order valence-electron chi connectivity index (χ2n) is 4.46. The molecule has 0 aliphatic carbocycles. The van der Waals surface area contributed by atoms with Crippen LogP contribution in [0, 0.1) is 6.92 Å². The Hall–Kier alpha value is -0.680. The minimum Gasteiger partial charge on any atom is -0.370 e. The van der Waals surface area contributed by atoms with E-state index in [0.717, 1.165) is 18.8 Å². The number of anilines is 1. The molecule has 1 N–H and O–H groups in total. The first-order valence-corrected chi connectivity index (χ1v) is 7.44. The van der Waals surface area contributed by atoms with E-state index in [2.05, 4.69) is 40.9 Å². The minimum atomic E-state index is 0.946. The summed E-state index contributed by atoms with van der Waals surface area (Å²) in [5, 5.41) is 7.94. The number of aromatic nitrogens is 2. The van der Waals surface area contributed by atoms with Gasteiger partial charge in [0, 0.05) is 50.3 Å². The van der Waals surface area contributed by atoms with Crippen LogP contribution in [0.5, 0.6) is 0 Å². The summed E-state index contributed by atoms with van der Waals surface area (Å²) in [6.07, 6.45) is 0. The lowest BCUT2D eigenvalue weighted by Crippen LogP contribution is -2.32. The highest BCUT2D eigenvalue weighted by molar-refractivity contribution is 7.99. The van der Waals surface area contributed by atoms with Gasteiger partial charge in [0.1, 0.15) is 5.82 Å². The Labute approximate surface area is 108 Å². The van der Waals surface area contributed by atoms with Crippen LogP contribution < -0.4 is 5.32 Å². The molecule has 1 aliphatic heterocycles. The first kappa shape index (κ1) is 12.8. The van der Waals surface area contributed by atoms with E-state index >= 15 is 0 Å². The Kier molecular flexibility index (Phi) is 4.34. The summed E-state index contributed by atoms with van der Waals surface area (Å²) < 4.78 is 1.97. The summed E-state index contributed by atoms with van der Waals surface area (Å²) in [6, 6.07) is 0. The van der Waals surface area contributed by atoms with Crippen molar-refractivity contribution < 1.29 is 0 Å². The number of hydrogen-bond donors (Lipinski definition) is 1. The van der Waals surface area contributed by atoms with Gasteiger partial charge in [-0.2, -0.15) is 16.9 Å². The zero-order valence-electron chi connectivity index (χ0n) is 11.0. The number of thioether (sulfide) groups is 1. The van der Waals surface area contributed by atoms with Crippen LogP contribution in [0.1, 0.15) is 18.2 Å². The summed E-state index contributed by atoms with van der Waals surface area (Å²) >= 11 is 2.05. The van der Waals surface area contributed by atoms with Crippen LogP contribution in [0.25, 0.3) is 0 Å². The number of rotatable bonds is 4. The van der Waals surface area contributed by atoms with E-state index in [0.29, 0.717) is 0 Å². The van der Waals surface area contributed by atoms with Gasteiger partial charge in [0.05, 0.1) is 5.69 Å². The average molecular weight is 254 g/mol. The standard InChI is InChI=1S/C12H22N4S/c1-4-13-12-11(10(2)14-15(12)3)9-16-5-7-17-8-6-16/h13H,4-9H2,1-3H3. The molecule has 0 atom stereocenters. The van der Waals surface area contributed by atoms with Crippen molar-refractivity contribution in [2.24, 2.45) is 7.05 Å². The Balaban J connectivity index is 2.12. The van der Waals surface area contributed by atoms with Gasteiger partial charge in [-0.1, -0.05) is 0 Å². The molecule has 1 fully saturated rings. The first-order chi connectivity index (χ1) is 8.22. The highest BCUT2D eigenvalue weighted by Crippen LogP contribution is 2.22. The minimum absolute atomic E-state index is 0.946. The second kappa shape index (κ2) is 5.78. The van der Waals surface area contributed by atoms with Crippen molar-refractivity contribution in [3.63, 3.8) is 0 Å². The van der Waals surface area contributed by atoms with Gasteiger partial charge in [-0.3, -0.25) is 9.58 Å². The maximum atomic E-state index is 4.52. The summed E-state index contributed by atoms with van der Waals surface area (Å²) in [6.45, 7) is 8.61. The van der Waals surface area contributed by atoms with Crippen LogP contribution in [-0.4, -0.2) is 45.8 Å². The highest BCUT2D eigenvalue weighted by atomic mass is 32.2. The third kappa shape index (κ3) is 2.96. The summed E-state index contributed by atoms with van der Waals surface area (Å²) in [5.74, 6) is 3.70. The number of aryl methyl sites for hydroxylation is 2. The molecule has 5 heteroatoms.